The highest BCUT2D eigenvalue weighted by molar-refractivity contribution is 5.74. The van der Waals surface area contributed by atoms with E-state index in [1.807, 2.05) is 24.0 Å². The number of carbonyl (C=O) groups is 1. The molecule has 2 amide bonds. The SMILES string of the molecule is Cc1ccc(-c2nc(OC[C@H]3CCN(C(=O)N(C)C)C3)nc(N3CCOCC3)n2)cn1. The second-order valence-electron chi connectivity index (χ2n) is 8.12. The Morgan fingerprint density at radius 1 is 1.19 bits per heavy atom. The predicted octanol–water partition coefficient (Wildman–Crippen LogP) is 1.46. The molecule has 1 atom stereocenters. The van der Waals surface area contributed by atoms with Gasteiger partial charge in [0.05, 0.1) is 19.8 Å². The molecule has 0 aliphatic carbocycles. The molecule has 2 aromatic rings. The van der Waals surface area contributed by atoms with Gasteiger partial charge in [0, 0.05) is 63.6 Å². The third-order valence-corrected chi connectivity index (χ3v) is 5.45. The summed E-state index contributed by atoms with van der Waals surface area (Å²) in [6, 6.07) is 4.21. The van der Waals surface area contributed by atoms with Crippen LogP contribution in [0.5, 0.6) is 6.01 Å². The highest BCUT2D eigenvalue weighted by Crippen LogP contribution is 2.23. The summed E-state index contributed by atoms with van der Waals surface area (Å²) < 4.78 is 11.5. The normalized spacial score (nSPS) is 18.9. The molecular formula is C21H29N7O3. The lowest BCUT2D eigenvalue weighted by molar-refractivity contribution is 0.122. The van der Waals surface area contributed by atoms with Gasteiger partial charge >= 0.3 is 12.0 Å². The van der Waals surface area contributed by atoms with Gasteiger partial charge in [0.1, 0.15) is 0 Å². The highest BCUT2D eigenvalue weighted by atomic mass is 16.5. The van der Waals surface area contributed by atoms with Crippen LogP contribution in [0.4, 0.5) is 10.7 Å². The Kier molecular flexibility index (Phi) is 6.45. The minimum atomic E-state index is 0.0337. The summed E-state index contributed by atoms with van der Waals surface area (Å²) in [4.78, 5) is 35.8. The third kappa shape index (κ3) is 5.19. The number of ether oxygens (including phenoxy) is 2. The smallest absolute Gasteiger partial charge is 0.321 e. The number of hydrogen-bond donors (Lipinski definition) is 0. The molecule has 0 saturated carbocycles. The number of rotatable bonds is 5. The molecule has 10 heteroatoms. The summed E-state index contributed by atoms with van der Waals surface area (Å²) in [6.07, 6.45) is 2.66. The molecule has 4 heterocycles. The summed E-state index contributed by atoms with van der Waals surface area (Å²) in [5.41, 5.74) is 1.75. The quantitative estimate of drug-likeness (QED) is 0.708. The summed E-state index contributed by atoms with van der Waals surface area (Å²) in [5.74, 6) is 1.37. The van der Waals surface area contributed by atoms with Gasteiger partial charge in [-0.15, -0.1) is 0 Å². The van der Waals surface area contributed by atoms with E-state index in [-0.39, 0.29) is 11.9 Å². The van der Waals surface area contributed by atoms with Gasteiger partial charge in [-0.2, -0.15) is 15.0 Å². The zero-order chi connectivity index (χ0) is 21.8. The zero-order valence-corrected chi connectivity index (χ0v) is 18.3. The van der Waals surface area contributed by atoms with Crippen LogP contribution in [-0.4, -0.2) is 95.9 Å². The predicted molar refractivity (Wildman–Crippen MR) is 115 cm³/mol. The summed E-state index contributed by atoms with van der Waals surface area (Å²) in [7, 11) is 3.54. The van der Waals surface area contributed by atoms with Crippen LogP contribution in [0, 0.1) is 12.8 Å². The highest BCUT2D eigenvalue weighted by Gasteiger charge is 2.28. The Morgan fingerprint density at radius 3 is 2.71 bits per heavy atom. The number of aryl methyl sites for hydroxylation is 1. The number of nitrogens with zero attached hydrogens (tertiary/aromatic N) is 7. The molecule has 2 saturated heterocycles. The number of morpholine rings is 1. The van der Waals surface area contributed by atoms with Crippen LogP contribution in [0.15, 0.2) is 18.3 Å². The minimum absolute atomic E-state index is 0.0337. The van der Waals surface area contributed by atoms with Gasteiger partial charge < -0.3 is 24.2 Å². The van der Waals surface area contributed by atoms with Crippen LogP contribution >= 0.6 is 0 Å². The van der Waals surface area contributed by atoms with Crippen molar-refractivity contribution in [3.63, 3.8) is 0 Å². The van der Waals surface area contributed by atoms with Crippen LogP contribution < -0.4 is 9.64 Å². The van der Waals surface area contributed by atoms with Gasteiger partial charge in [-0.3, -0.25) is 4.98 Å². The van der Waals surface area contributed by atoms with Gasteiger partial charge in [-0.05, 0) is 25.5 Å². The number of likely N-dealkylation sites (tertiary alicyclic amines) is 1. The molecular weight excluding hydrogens is 398 g/mol. The Hall–Kier alpha value is -3.01. The number of anilines is 1. The van der Waals surface area contributed by atoms with Crippen molar-refractivity contribution in [2.75, 3.05) is 65.0 Å². The van der Waals surface area contributed by atoms with E-state index >= 15 is 0 Å². The molecule has 2 fully saturated rings. The minimum Gasteiger partial charge on any atom is -0.463 e. The van der Waals surface area contributed by atoms with Gasteiger partial charge in [-0.1, -0.05) is 0 Å². The first kappa shape index (κ1) is 21.2. The standard InChI is InChI=1S/C21H29N7O3/c1-15-4-5-17(12-22-15)18-23-19(27-8-10-30-11-9-27)25-20(24-18)31-14-16-6-7-28(13-16)21(29)26(2)3/h4-5,12,16H,6-11,13-14H2,1-3H3/t16-/m0/s1. The van der Waals surface area contributed by atoms with E-state index in [9.17, 15) is 4.79 Å². The average molecular weight is 428 g/mol. The summed E-state index contributed by atoms with van der Waals surface area (Å²) >= 11 is 0. The van der Waals surface area contributed by atoms with Crippen molar-refractivity contribution < 1.29 is 14.3 Å². The summed E-state index contributed by atoms with van der Waals surface area (Å²) in [5, 5.41) is 0. The van der Waals surface area contributed by atoms with E-state index in [1.165, 1.54) is 0 Å². The first-order valence-corrected chi connectivity index (χ1v) is 10.6. The lowest BCUT2D eigenvalue weighted by Gasteiger charge is -2.27. The van der Waals surface area contributed by atoms with Crippen LogP contribution in [0.25, 0.3) is 11.4 Å². The summed E-state index contributed by atoms with van der Waals surface area (Å²) in [6.45, 7) is 6.53. The Labute approximate surface area is 182 Å². The molecule has 0 spiro atoms. The zero-order valence-electron chi connectivity index (χ0n) is 18.3. The lowest BCUT2D eigenvalue weighted by Crippen LogP contribution is -2.38. The fourth-order valence-corrected chi connectivity index (χ4v) is 3.66. The Morgan fingerprint density at radius 2 is 2.00 bits per heavy atom. The second kappa shape index (κ2) is 9.42. The van der Waals surface area contributed by atoms with E-state index in [0.29, 0.717) is 44.1 Å². The molecule has 31 heavy (non-hydrogen) atoms. The van der Waals surface area contributed by atoms with E-state index in [2.05, 4.69) is 24.8 Å². The Bertz CT molecular complexity index is 900. The van der Waals surface area contributed by atoms with Crippen LogP contribution in [0.1, 0.15) is 12.1 Å². The maximum atomic E-state index is 12.2. The molecule has 166 valence electrons. The fourth-order valence-electron chi connectivity index (χ4n) is 3.66. The topological polar surface area (TPSA) is 96.8 Å². The van der Waals surface area contributed by atoms with Crippen molar-refractivity contribution in [2.45, 2.75) is 13.3 Å². The van der Waals surface area contributed by atoms with Crippen LogP contribution in [0.2, 0.25) is 0 Å². The number of amides is 2. The van der Waals surface area contributed by atoms with E-state index < -0.39 is 0 Å². The van der Waals surface area contributed by atoms with Crippen molar-refractivity contribution in [1.82, 2.24) is 29.7 Å². The van der Waals surface area contributed by atoms with E-state index in [0.717, 1.165) is 37.3 Å². The molecule has 2 aliphatic heterocycles. The van der Waals surface area contributed by atoms with Crippen LogP contribution in [0.3, 0.4) is 0 Å². The van der Waals surface area contributed by atoms with Gasteiger partial charge in [0.25, 0.3) is 0 Å². The third-order valence-electron chi connectivity index (χ3n) is 5.45. The molecule has 10 nitrogen and oxygen atoms in total. The molecule has 4 rings (SSSR count). The number of pyridine rings is 1. The van der Waals surface area contributed by atoms with Crippen molar-refractivity contribution in [1.29, 1.82) is 0 Å². The largest absolute Gasteiger partial charge is 0.463 e. The molecule has 0 bridgehead atoms. The Balaban J connectivity index is 1.50. The number of urea groups is 1. The average Bonchev–Trinajstić information content (AvgIpc) is 3.27. The molecule has 0 unspecified atom stereocenters. The van der Waals surface area contributed by atoms with Gasteiger partial charge in [-0.25, -0.2) is 4.79 Å². The van der Waals surface area contributed by atoms with E-state index in [1.54, 1.807) is 25.2 Å². The van der Waals surface area contributed by atoms with Crippen molar-refractivity contribution >= 4 is 12.0 Å². The van der Waals surface area contributed by atoms with Crippen LogP contribution in [-0.2, 0) is 4.74 Å². The molecule has 0 radical (unpaired) electrons. The van der Waals surface area contributed by atoms with Gasteiger partial charge in [0.2, 0.25) is 5.95 Å². The van der Waals surface area contributed by atoms with Crippen molar-refractivity contribution in [3.05, 3.63) is 24.0 Å². The van der Waals surface area contributed by atoms with E-state index in [4.69, 9.17) is 9.47 Å². The maximum Gasteiger partial charge on any atom is 0.321 e. The monoisotopic (exact) mass is 427 g/mol. The fraction of sp³-hybridized carbons (Fsp3) is 0.571. The van der Waals surface area contributed by atoms with Crippen molar-refractivity contribution in [2.24, 2.45) is 5.92 Å². The number of carbonyl (C=O) groups excluding carboxylic acids is 1. The molecule has 2 aliphatic rings. The van der Waals surface area contributed by atoms with Crippen molar-refractivity contribution in [3.8, 4) is 17.4 Å². The first-order chi connectivity index (χ1) is 15.0. The number of hydrogen-bond acceptors (Lipinski definition) is 8. The first-order valence-electron chi connectivity index (χ1n) is 10.6. The maximum absolute atomic E-state index is 12.2. The molecule has 0 aromatic carbocycles. The van der Waals surface area contributed by atoms with Gasteiger partial charge in [0.15, 0.2) is 5.82 Å². The number of aromatic nitrogens is 4. The second-order valence-corrected chi connectivity index (χ2v) is 8.12. The lowest BCUT2D eigenvalue weighted by atomic mass is 10.1. The molecule has 0 N–H and O–H groups in total. The molecule has 2 aromatic heterocycles.